The van der Waals surface area contributed by atoms with Crippen molar-refractivity contribution in [1.29, 1.82) is 0 Å². The Morgan fingerprint density at radius 3 is 1.19 bits per heavy atom. The van der Waals surface area contributed by atoms with Gasteiger partial charge in [-0.05, 0) is 119 Å². The second-order valence-corrected chi connectivity index (χ2v) is 19.4. The Hall–Kier alpha value is -10.7. The predicted molar refractivity (Wildman–Crippen MR) is 311 cm³/mol. The van der Waals surface area contributed by atoms with E-state index in [1.54, 1.807) is 0 Å². The normalized spacial score (nSPS) is 11.9. The number of benzene rings is 6. The van der Waals surface area contributed by atoms with Crippen LogP contribution in [0.4, 0.5) is 0 Å². The van der Waals surface area contributed by atoms with Crippen LogP contribution in [-0.4, -0.2) is 49.4 Å². The molecule has 0 aliphatic rings. The van der Waals surface area contributed by atoms with Crippen LogP contribution in [0.3, 0.4) is 0 Å². The number of aromatic nitrogens is 10. The summed E-state index contributed by atoms with van der Waals surface area (Å²) in [5.41, 5.74) is 17.3. The van der Waals surface area contributed by atoms with E-state index in [4.69, 9.17) is 34.9 Å². The van der Waals surface area contributed by atoms with Crippen molar-refractivity contribution >= 4 is 98.0 Å². The SMILES string of the molecule is c1cnc2c(c1)cc(-c1ccc(-c3ccc4c(c3)c3cc(-c5ccc(-c6cc7cccnc7c7ncccc67)cn5)c5ccccc5c3n4-c3ccc(-c4cc5cccnc5c5ncccc45)cn3)nc1)c1cccnc12. The molecule has 6 aromatic carbocycles. The van der Waals surface area contributed by atoms with E-state index in [2.05, 4.69) is 154 Å². The maximum Gasteiger partial charge on any atom is 0.137 e. The maximum atomic E-state index is 5.30. The summed E-state index contributed by atoms with van der Waals surface area (Å²) >= 11 is 0. The minimum Gasteiger partial charge on any atom is -0.293 e. The van der Waals surface area contributed by atoms with Gasteiger partial charge in [0.05, 0.1) is 55.5 Å². The van der Waals surface area contributed by atoms with Crippen LogP contribution in [0.25, 0.3) is 160 Å². The van der Waals surface area contributed by atoms with Crippen molar-refractivity contribution in [2.45, 2.75) is 0 Å². The molecule has 356 valence electrons. The van der Waals surface area contributed by atoms with Gasteiger partial charge in [0.2, 0.25) is 0 Å². The van der Waals surface area contributed by atoms with Crippen LogP contribution in [0.5, 0.6) is 0 Å². The lowest BCUT2D eigenvalue weighted by Crippen LogP contribution is -1.98. The average Bonchev–Trinajstić information content (AvgIpc) is 4.04. The summed E-state index contributed by atoms with van der Waals surface area (Å²) in [6, 6.07) is 61.5. The van der Waals surface area contributed by atoms with E-state index in [0.29, 0.717) is 0 Å². The monoisotopic (exact) mass is 982 g/mol. The molecule has 0 atom stereocenters. The highest BCUT2D eigenvalue weighted by molar-refractivity contribution is 6.22. The Labute approximate surface area is 438 Å². The number of hydrogen-bond donors (Lipinski definition) is 0. The molecular weight excluding hydrogens is 945 g/mol. The van der Waals surface area contributed by atoms with E-state index < -0.39 is 0 Å². The molecule has 0 bridgehead atoms. The third kappa shape index (κ3) is 6.72. The molecule has 0 fully saturated rings. The van der Waals surface area contributed by atoms with Crippen LogP contribution in [0.15, 0.2) is 232 Å². The second-order valence-electron chi connectivity index (χ2n) is 19.4. The third-order valence-electron chi connectivity index (χ3n) is 15.2. The van der Waals surface area contributed by atoms with E-state index in [0.717, 1.165) is 160 Å². The first-order valence-electron chi connectivity index (χ1n) is 25.5. The Morgan fingerprint density at radius 2 is 0.701 bits per heavy atom. The van der Waals surface area contributed by atoms with Gasteiger partial charge in [-0.3, -0.25) is 44.4 Å². The molecule has 0 aliphatic heterocycles. The summed E-state index contributed by atoms with van der Waals surface area (Å²) in [6.07, 6.45) is 16.9. The summed E-state index contributed by atoms with van der Waals surface area (Å²) in [6.45, 7) is 0. The minimum atomic E-state index is 0.800. The van der Waals surface area contributed by atoms with Gasteiger partial charge >= 0.3 is 0 Å². The van der Waals surface area contributed by atoms with E-state index in [1.165, 1.54) is 0 Å². The standard InChI is InChI=1S/C67H38N10/c1-2-13-50-46(12-1)54(58-22-18-44(37-75-58)52-33-41-10-4-26-69-62(41)65-48(52)15-7-29-72-65)35-56-55-31-39(57-21-17-43(36-74-57)51-32-40-9-3-25-68-61(40)64-47(51)14-6-28-71-64)19-23-59(55)77(67(50)56)60-24-20-45(38-76-60)53-34-42-11-5-27-70-63(42)66-49(53)16-8-30-73-66/h1-38H. The van der Waals surface area contributed by atoms with Crippen molar-refractivity contribution in [2.24, 2.45) is 0 Å². The van der Waals surface area contributed by atoms with Gasteiger partial charge in [0.1, 0.15) is 5.82 Å². The Balaban J connectivity index is 0.871. The van der Waals surface area contributed by atoms with Gasteiger partial charge in [-0.15, -0.1) is 0 Å². The fraction of sp³-hybridized carbons (Fsp3) is 0. The predicted octanol–water partition coefficient (Wildman–Crippen LogP) is 15.7. The van der Waals surface area contributed by atoms with Crippen molar-refractivity contribution in [3.8, 4) is 61.7 Å². The van der Waals surface area contributed by atoms with Gasteiger partial charge in [0.25, 0.3) is 0 Å². The summed E-state index contributed by atoms with van der Waals surface area (Å²) in [4.78, 5) is 44.1. The number of fused-ring (bicyclic) bond motifs is 14. The lowest BCUT2D eigenvalue weighted by Gasteiger charge is -2.14. The van der Waals surface area contributed by atoms with Crippen LogP contribution in [0.1, 0.15) is 0 Å². The van der Waals surface area contributed by atoms with Crippen molar-refractivity contribution in [1.82, 2.24) is 49.4 Å². The highest BCUT2D eigenvalue weighted by Crippen LogP contribution is 2.44. The Bertz CT molecular complexity index is 5090. The highest BCUT2D eigenvalue weighted by atomic mass is 15.1. The van der Waals surface area contributed by atoms with Crippen LogP contribution in [0, 0.1) is 0 Å². The number of hydrogen-bond acceptors (Lipinski definition) is 9. The average molecular weight is 983 g/mol. The van der Waals surface area contributed by atoms with Gasteiger partial charge in [0.15, 0.2) is 0 Å². The number of pyridine rings is 9. The van der Waals surface area contributed by atoms with Crippen LogP contribution < -0.4 is 0 Å². The zero-order chi connectivity index (χ0) is 50.6. The molecule has 16 rings (SSSR count). The quantitative estimate of drug-likeness (QED) is 0.150. The molecule has 0 saturated heterocycles. The van der Waals surface area contributed by atoms with E-state index >= 15 is 0 Å². The molecule has 10 heterocycles. The second kappa shape index (κ2) is 16.9. The van der Waals surface area contributed by atoms with Crippen molar-refractivity contribution < 1.29 is 0 Å². The van der Waals surface area contributed by atoms with Crippen molar-refractivity contribution in [3.63, 3.8) is 0 Å². The van der Waals surface area contributed by atoms with Crippen molar-refractivity contribution in [2.75, 3.05) is 0 Å². The number of rotatable bonds is 6. The molecule has 10 heteroatoms. The molecular formula is C67H38N10. The van der Waals surface area contributed by atoms with E-state index in [-0.39, 0.29) is 0 Å². The summed E-state index contributed by atoms with van der Waals surface area (Å²) < 4.78 is 2.31. The highest BCUT2D eigenvalue weighted by Gasteiger charge is 2.22. The Morgan fingerprint density at radius 1 is 0.260 bits per heavy atom. The Kier molecular flexibility index (Phi) is 9.40. The molecule has 0 saturated carbocycles. The fourth-order valence-corrected chi connectivity index (χ4v) is 11.6. The molecule has 0 amide bonds. The number of nitrogens with zero attached hydrogens (tertiary/aromatic N) is 10. The molecule has 10 aromatic heterocycles. The first-order chi connectivity index (χ1) is 38.2. The summed E-state index contributed by atoms with van der Waals surface area (Å²) in [5, 5.41) is 10.5. The van der Waals surface area contributed by atoms with E-state index in [1.807, 2.05) is 92.2 Å². The molecule has 0 unspecified atom stereocenters. The first-order valence-corrected chi connectivity index (χ1v) is 25.5. The molecule has 77 heavy (non-hydrogen) atoms. The largest absolute Gasteiger partial charge is 0.293 e. The van der Waals surface area contributed by atoms with Crippen LogP contribution in [0.2, 0.25) is 0 Å². The lowest BCUT2D eigenvalue weighted by atomic mass is 9.95. The molecule has 10 nitrogen and oxygen atoms in total. The zero-order valence-corrected chi connectivity index (χ0v) is 40.9. The minimum absolute atomic E-state index is 0.800. The van der Waals surface area contributed by atoms with Gasteiger partial charge in [-0.1, -0.05) is 78.9 Å². The van der Waals surface area contributed by atoms with Gasteiger partial charge in [-0.25, -0.2) is 4.98 Å². The molecule has 16 aromatic rings. The van der Waals surface area contributed by atoms with Crippen LogP contribution >= 0.6 is 0 Å². The summed E-state index contributed by atoms with van der Waals surface area (Å²) in [5.74, 6) is 0.800. The van der Waals surface area contributed by atoms with E-state index in [9.17, 15) is 0 Å². The van der Waals surface area contributed by atoms with Crippen LogP contribution in [-0.2, 0) is 0 Å². The third-order valence-corrected chi connectivity index (χ3v) is 15.2. The summed E-state index contributed by atoms with van der Waals surface area (Å²) in [7, 11) is 0. The van der Waals surface area contributed by atoms with Gasteiger partial charge in [-0.2, -0.15) is 0 Å². The smallest absolute Gasteiger partial charge is 0.137 e. The van der Waals surface area contributed by atoms with Crippen molar-refractivity contribution in [3.05, 3.63) is 232 Å². The van der Waals surface area contributed by atoms with Gasteiger partial charge in [0, 0.05) is 132 Å². The lowest BCUT2D eigenvalue weighted by molar-refractivity contribution is 1.08. The molecule has 0 N–H and O–H groups in total. The molecule has 0 radical (unpaired) electrons. The first kappa shape index (κ1) is 42.8. The molecule has 0 aliphatic carbocycles. The fourth-order valence-electron chi connectivity index (χ4n) is 11.6. The molecule has 0 spiro atoms. The maximum absolute atomic E-state index is 5.30. The van der Waals surface area contributed by atoms with Gasteiger partial charge < -0.3 is 0 Å². The zero-order valence-electron chi connectivity index (χ0n) is 40.9. The topological polar surface area (TPSA) is 121 Å².